The molecular formula is C19H19ClN2O. The van der Waals surface area contributed by atoms with Gasteiger partial charge in [-0.2, -0.15) is 5.10 Å². The molecule has 2 atom stereocenters. The lowest BCUT2D eigenvalue weighted by atomic mass is 9.96. The van der Waals surface area contributed by atoms with Gasteiger partial charge in [-0.15, -0.1) is 0 Å². The minimum absolute atomic E-state index is 0.0182. The number of nitrogens with zero attached hydrogens (tertiary/aromatic N) is 2. The van der Waals surface area contributed by atoms with Gasteiger partial charge < -0.3 is 4.74 Å². The summed E-state index contributed by atoms with van der Waals surface area (Å²) in [5, 5.41) is 7.79. The van der Waals surface area contributed by atoms with E-state index in [1.807, 2.05) is 30.3 Å². The second-order valence-electron chi connectivity index (χ2n) is 6.05. The van der Waals surface area contributed by atoms with Gasteiger partial charge in [0.05, 0.1) is 11.8 Å². The van der Waals surface area contributed by atoms with Gasteiger partial charge in [-0.3, -0.25) is 5.01 Å². The molecule has 0 saturated carbocycles. The van der Waals surface area contributed by atoms with E-state index in [4.69, 9.17) is 21.4 Å². The van der Waals surface area contributed by atoms with Crippen LogP contribution in [0.4, 0.5) is 0 Å². The molecule has 4 heteroatoms. The Bertz CT molecular complexity index is 741. The van der Waals surface area contributed by atoms with Crippen molar-refractivity contribution in [1.29, 1.82) is 0 Å². The van der Waals surface area contributed by atoms with Gasteiger partial charge in [0.1, 0.15) is 5.75 Å². The third-order valence-electron chi connectivity index (χ3n) is 4.49. The van der Waals surface area contributed by atoms with E-state index in [2.05, 4.69) is 30.1 Å². The highest BCUT2D eigenvalue weighted by Gasteiger charge is 2.39. The summed E-state index contributed by atoms with van der Waals surface area (Å²) in [5.41, 5.74) is 3.47. The predicted octanol–water partition coefficient (Wildman–Crippen LogP) is 5.01. The summed E-state index contributed by atoms with van der Waals surface area (Å²) < 4.78 is 6.19. The summed E-state index contributed by atoms with van der Waals surface area (Å²) >= 11 is 6.00. The van der Waals surface area contributed by atoms with Crippen molar-refractivity contribution in [1.82, 2.24) is 5.01 Å². The molecule has 2 aromatic carbocycles. The van der Waals surface area contributed by atoms with E-state index in [9.17, 15) is 0 Å². The highest BCUT2D eigenvalue weighted by atomic mass is 35.5. The van der Waals surface area contributed by atoms with Crippen molar-refractivity contribution in [2.24, 2.45) is 5.10 Å². The van der Waals surface area contributed by atoms with Crippen LogP contribution in [-0.4, -0.2) is 16.9 Å². The van der Waals surface area contributed by atoms with Gasteiger partial charge in [0.15, 0.2) is 6.23 Å². The lowest BCUT2D eigenvalue weighted by Crippen LogP contribution is -2.40. The minimum atomic E-state index is 0.0182. The van der Waals surface area contributed by atoms with Gasteiger partial charge in [0, 0.05) is 23.4 Å². The van der Waals surface area contributed by atoms with Crippen molar-refractivity contribution in [2.45, 2.75) is 38.5 Å². The average Bonchev–Trinajstić information content (AvgIpc) is 3.02. The zero-order valence-electron chi connectivity index (χ0n) is 13.1. The fraction of sp³-hybridized carbons (Fsp3) is 0.316. The number of benzene rings is 2. The Morgan fingerprint density at radius 2 is 1.96 bits per heavy atom. The van der Waals surface area contributed by atoms with Gasteiger partial charge in [-0.25, -0.2) is 0 Å². The van der Waals surface area contributed by atoms with Crippen molar-refractivity contribution in [3.8, 4) is 5.75 Å². The van der Waals surface area contributed by atoms with Crippen LogP contribution in [0.5, 0.6) is 5.75 Å². The van der Waals surface area contributed by atoms with Crippen molar-refractivity contribution >= 4 is 17.3 Å². The maximum absolute atomic E-state index is 6.19. The third kappa shape index (κ3) is 2.59. The summed E-state index contributed by atoms with van der Waals surface area (Å²) in [7, 11) is 0. The molecule has 0 spiro atoms. The Morgan fingerprint density at radius 1 is 1.17 bits per heavy atom. The molecule has 2 aliphatic heterocycles. The molecular weight excluding hydrogens is 308 g/mol. The number of hydrazone groups is 1. The quantitative estimate of drug-likeness (QED) is 0.792. The fourth-order valence-electron chi connectivity index (χ4n) is 3.36. The first-order valence-corrected chi connectivity index (χ1v) is 8.51. The first-order valence-electron chi connectivity index (χ1n) is 8.13. The molecule has 0 fully saturated rings. The lowest BCUT2D eigenvalue weighted by molar-refractivity contribution is -0.0223. The molecule has 0 aliphatic carbocycles. The highest BCUT2D eigenvalue weighted by Crippen LogP contribution is 2.43. The topological polar surface area (TPSA) is 24.8 Å². The van der Waals surface area contributed by atoms with Crippen LogP contribution in [0.3, 0.4) is 0 Å². The van der Waals surface area contributed by atoms with Crippen LogP contribution in [0, 0.1) is 0 Å². The van der Waals surface area contributed by atoms with Crippen molar-refractivity contribution in [3.05, 3.63) is 64.7 Å². The molecule has 0 N–H and O–H groups in total. The van der Waals surface area contributed by atoms with Crippen LogP contribution in [0.15, 0.2) is 53.6 Å². The van der Waals surface area contributed by atoms with Gasteiger partial charge in [0.25, 0.3) is 0 Å². The Hall–Kier alpha value is -2.00. The molecule has 2 unspecified atom stereocenters. The number of ether oxygens (including phenoxy) is 1. The van der Waals surface area contributed by atoms with E-state index in [-0.39, 0.29) is 12.3 Å². The molecule has 4 rings (SSSR count). The second kappa shape index (κ2) is 5.89. The molecule has 3 nitrogen and oxygen atoms in total. The molecule has 2 aliphatic rings. The van der Waals surface area contributed by atoms with E-state index in [1.54, 1.807) is 0 Å². The fourth-order valence-corrected chi connectivity index (χ4v) is 3.49. The number of halogens is 1. The molecule has 2 heterocycles. The average molecular weight is 327 g/mol. The first kappa shape index (κ1) is 14.6. The van der Waals surface area contributed by atoms with Crippen molar-refractivity contribution in [3.63, 3.8) is 0 Å². The zero-order chi connectivity index (χ0) is 15.8. The number of hydrogen-bond donors (Lipinski definition) is 0. The Balaban J connectivity index is 1.71. The van der Waals surface area contributed by atoms with Crippen LogP contribution < -0.4 is 4.74 Å². The van der Waals surface area contributed by atoms with E-state index >= 15 is 0 Å². The van der Waals surface area contributed by atoms with E-state index < -0.39 is 0 Å². The number of hydrogen-bond acceptors (Lipinski definition) is 3. The molecule has 0 radical (unpaired) electrons. The first-order chi connectivity index (χ1) is 11.3. The van der Waals surface area contributed by atoms with Gasteiger partial charge >= 0.3 is 0 Å². The predicted molar refractivity (Wildman–Crippen MR) is 93.0 cm³/mol. The second-order valence-corrected chi connectivity index (χ2v) is 6.49. The maximum atomic E-state index is 6.19. The zero-order valence-corrected chi connectivity index (χ0v) is 13.8. The van der Waals surface area contributed by atoms with Crippen molar-refractivity contribution < 1.29 is 4.74 Å². The Labute approximate surface area is 141 Å². The molecule has 2 aromatic rings. The number of rotatable bonds is 3. The van der Waals surface area contributed by atoms with Gasteiger partial charge in [-0.05, 0) is 23.8 Å². The summed E-state index contributed by atoms with van der Waals surface area (Å²) in [5.74, 6) is 1.000. The minimum Gasteiger partial charge on any atom is -0.469 e. The van der Waals surface area contributed by atoms with Gasteiger partial charge in [-0.1, -0.05) is 55.3 Å². The van der Waals surface area contributed by atoms with E-state index in [0.717, 1.165) is 41.3 Å². The molecule has 0 amide bonds. The van der Waals surface area contributed by atoms with Crippen LogP contribution in [-0.2, 0) is 0 Å². The van der Waals surface area contributed by atoms with Crippen LogP contribution in [0.1, 0.15) is 43.4 Å². The van der Waals surface area contributed by atoms with Gasteiger partial charge in [0.2, 0.25) is 0 Å². The lowest BCUT2D eigenvalue weighted by Gasteiger charge is -2.38. The summed E-state index contributed by atoms with van der Waals surface area (Å²) in [6.45, 7) is 2.18. The van der Waals surface area contributed by atoms with E-state index in [0.29, 0.717) is 0 Å². The monoisotopic (exact) mass is 326 g/mol. The van der Waals surface area contributed by atoms with Crippen LogP contribution >= 0.6 is 11.6 Å². The highest BCUT2D eigenvalue weighted by molar-refractivity contribution is 6.30. The van der Waals surface area contributed by atoms with Crippen molar-refractivity contribution in [2.75, 3.05) is 0 Å². The number of para-hydroxylation sites is 1. The normalized spacial score (nSPS) is 22.2. The Morgan fingerprint density at radius 3 is 2.74 bits per heavy atom. The molecule has 0 bridgehead atoms. The SMILES string of the molecule is CCCC1Oc2ccccc2C2CC(c3ccc(Cl)cc3)=NN12. The van der Waals surface area contributed by atoms with Crippen LogP contribution in [0.25, 0.3) is 0 Å². The Kier molecular flexibility index (Phi) is 3.74. The molecule has 0 aromatic heterocycles. The molecule has 118 valence electrons. The number of fused-ring (bicyclic) bond motifs is 3. The molecule has 0 saturated heterocycles. The standard InChI is InChI=1S/C19H19ClN2O/c1-2-5-19-22-17(15-6-3-4-7-18(15)23-19)12-16(21-22)13-8-10-14(20)11-9-13/h3-4,6-11,17,19H,2,5,12H2,1H3. The largest absolute Gasteiger partial charge is 0.469 e. The summed E-state index contributed by atoms with van der Waals surface area (Å²) in [6.07, 6.45) is 2.97. The van der Waals surface area contributed by atoms with Crippen LogP contribution in [0.2, 0.25) is 5.02 Å². The maximum Gasteiger partial charge on any atom is 0.187 e. The summed E-state index contributed by atoms with van der Waals surface area (Å²) in [4.78, 5) is 0. The third-order valence-corrected chi connectivity index (χ3v) is 4.74. The van der Waals surface area contributed by atoms with E-state index in [1.165, 1.54) is 5.56 Å². The smallest absolute Gasteiger partial charge is 0.187 e. The summed E-state index contributed by atoms with van der Waals surface area (Å²) in [6, 6.07) is 16.5. The molecule has 23 heavy (non-hydrogen) atoms.